The van der Waals surface area contributed by atoms with Crippen LogP contribution < -0.4 is 10.2 Å². The van der Waals surface area contributed by atoms with Gasteiger partial charge in [-0.3, -0.25) is 5.32 Å². The molecule has 0 saturated carbocycles. The van der Waals surface area contributed by atoms with Crippen molar-refractivity contribution in [2.45, 2.75) is 12.8 Å². The van der Waals surface area contributed by atoms with E-state index in [9.17, 15) is 4.79 Å². The Balaban J connectivity index is 1.88. The van der Waals surface area contributed by atoms with E-state index in [1.54, 1.807) is 0 Å². The topological polar surface area (TPSA) is 55.8 Å². The summed E-state index contributed by atoms with van der Waals surface area (Å²) >= 11 is 0. The van der Waals surface area contributed by atoms with Crippen molar-refractivity contribution in [3.05, 3.63) is 24.3 Å². The molecule has 5 nitrogen and oxygen atoms in total. The molecule has 0 atom stereocenters. The number of amides is 1. The quantitative estimate of drug-likeness (QED) is 0.888. The highest BCUT2D eigenvalue weighted by Gasteiger charge is 2.19. The second kappa shape index (κ2) is 6.61. The van der Waals surface area contributed by atoms with Crippen molar-refractivity contribution in [3.8, 4) is 0 Å². The molecule has 1 heterocycles. The largest absolute Gasteiger partial charge is 0.465 e. The van der Waals surface area contributed by atoms with Gasteiger partial charge in [0.15, 0.2) is 0 Å². The molecule has 0 unspecified atom stereocenters. The number of benzene rings is 1. The van der Waals surface area contributed by atoms with Crippen molar-refractivity contribution in [2.75, 3.05) is 43.9 Å². The molecule has 0 aromatic heterocycles. The van der Waals surface area contributed by atoms with Crippen LogP contribution in [0.15, 0.2) is 24.3 Å². The number of carboxylic acid groups (broad SMARTS) is 1. The standard InChI is InChI=1S/C15H23N3O2/c1-17(2)11-12-7-9-18(10-8-12)14-5-3-13(4-6-14)16-15(19)20/h3-6,12,16H,7-11H2,1-2H3,(H,19,20). The van der Waals surface area contributed by atoms with Crippen LogP contribution in [0.1, 0.15) is 12.8 Å². The van der Waals surface area contributed by atoms with Gasteiger partial charge in [-0.15, -0.1) is 0 Å². The maximum Gasteiger partial charge on any atom is 0.409 e. The predicted octanol–water partition coefficient (Wildman–Crippen LogP) is 2.55. The molecular formula is C15H23N3O2. The summed E-state index contributed by atoms with van der Waals surface area (Å²) in [5.41, 5.74) is 1.79. The number of nitrogens with one attached hydrogen (secondary N) is 1. The maximum atomic E-state index is 10.6. The Morgan fingerprint density at radius 2 is 1.90 bits per heavy atom. The van der Waals surface area contributed by atoms with Gasteiger partial charge in [-0.05, 0) is 57.1 Å². The summed E-state index contributed by atoms with van der Waals surface area (Å²) in [6.07, 6.45) is 1.41. The van der Waals surface area contributed by atoms with Crippen LogP contribution in [0.2, 0.25) is 0 Å². The van der Waals surface area contributed by atoms with Crippen molar-refractivity contribution >= 4 is 17.5 Å². The minimum atomic E-state index is -1.03. The predicted molar refractivity (Wildman–Crippen MR) is 81.6 cm³/mol. The number of hydrogen-bond acceptors (Lipinski definition) is 3. The van der Waals surface area contributed by atoms with Gasteiger partial charge < -0.3 is 14.9 Å². The Morgan fingerprint density at radius 1 is 1.30 bits per heavy atom. The average molecular weight is 277 g/mol. The molecule has 5 heteroatoms. The second-order valence-corrected chi connectivity index (χ2v) is 5.67. The molecule has 0 spiro atoms. The molecule has 1 amide bonds. The maximum absolute atomic E-state index is 10.6. The van der Waals surface area contributed by atoms with E-state index in [1.165, 1.54) is 18.5 Å². The first kappa shape index (κ1) is 14.7. The monoisotopic (exact) mass is 277 g/mol. The number of hydrogen-bond donors (Lipinski definition) is 2. The lowest BCUT2D eigenvalue weighted by atomic mass is 9.96. The lowest BCUT2D eigenvalue weighted by molar-refractivity contribution is 0.210. The van der Waals surface area contributed by atoms with Crippen molar-refractivity contribution in [2.24, 2.45) is 5.92 Å². The third-order valence-electron chi connectivity index (χ3n) is 3.72. The first-order chi connectivity index (χ1) is 9.54. The summed E-state index contributed by atoms with van der Waals surface area (Å²) in [4.78, 5) is 15.2. The summed E-state index contributed by atoms with van der Waals surface area (Å²) in [6, 6.07) is 7.60. The average Bonchev–Trinajstić information content (AvgIpc) is 2.39. The zero-order valence-corrected chi connectivity index (χ0v) is 12.2. The first-order valence-corrected chi connectivity index (χ1v) is 7.04. The molecule has 0 aliphatic carbocycles. The highest BCUT2D eigenvalue weighted by Crippen LogP contribution is 2.24. The van der Waals surface area contributed by atoms with Crippen molar-refractivity contribution in [1.82, 2.24) is 4.90 Å². The molecule has 1 saturated heterocycles. The minimum absolute atomic E-state index is 0.615. The van der Waals surface area contributed by atoms with Gasteiger partial charge in [0.2, 0.25) is 0 Å². The Morgan fingerprint density at radius 3 is 2.40 bits per heavy atom. The van der Waals surface area contributed by atoms with Gasteiger partial charge in [-0.1, -0.05) is 0 Å². The molecule has 2 N–H and O–H groups in total. The van der Waals surface area contributed by atoms with Crippen LogP contribution in [0.4, 0.5) is 16.2 Å². The molecule has 1 aliphatic rings. The van der Waals surface area contributed by atoms with Gasteiger partial charge >= 0.3 is 6.09 Å². The van der Waals surface area contributed by atoms with Crippen molar-refractivity contribution < 1.29 is 9.90 Å². The number of carbonyl (C=O) groups is 1. The van der Waals surface area contributed by atoms with Crippen molar-refractivity contribution in [1.29, 1.82) is 0 Å². The summed E-state index contributed by atoms with van der Waals surface area (Å²) in [5, 5.41) is 11.0. The molecule has 0 bridgehead atoms. The summed E-state index contributed by atoms with van der Waals surface area (Å²) in [6.45, 7) is 3.31. The van der Waals surface area contributed by atoms with E-state index in [2.05, 4.69) is 29.2 Å². The fourth-order valence-electron chi connectivity index (χ4n) is 2.77. The van der Waals surface area contributed by atoms with Gasteiger partial charge in [0, 0.05) is 31.0 Å². The molecule has 1 aromatic carbocycles. The van der Waals surface area contributed by atoms with E-state index in [0.717, 1.165) is 25.6 Å². The van der Waals surface area contributed by atoms with Crippen LogP contribution in [0, 0.1) is 5.92 Å². The zero-order valence-electron chi connectivity index (χ0n) is 12.2. The van der Waals surface area contributed by atoms with E-state index in [4.69, 9.17) is 5.11 Å². The van der Waals surface area contributed by atoms with Crippen LogP contribution in [-0.2, 0) is 0 Å². The SMILES string of the molecule is CN(C)CC1CCN(c2ccc(NC(=O)O)cc2)CC1. The number of rotatable bonds is 4. The van der Waals surface area contributed by atoms with Gasteiger partial charge in [-0.25, -0.2) is 4.79 Å². The van der Waals surface area contributed by atoms with E-state index >= 15 is 0 Å². The fraction of sp³-hybridized carbons (Fsp3) is 0.533. The Hall–Kier alpha value is -1.75. The number of piperidine rings is 1. The Labute approximate surface area is 120 Å². The van der Waals surface area contributed by atoms with E-state index in [1.807, 2.05) is 24.3 Å². The zero-order chi connectivity index (χ0) is 14.5. The lowest BCUT2D eigenvalue weighted by Crippen LogP contribution is -2.37. The second-order valence-electron chi connectivity index (χ2n) is 5.67. The number of anilines is 2. The van der Waals surface area contributed by atoms with Gasteiger partial charge in [-0.2, -0.15) is 0 Å². The Kier molecular flexibility index (Phi) is 4.84. The molecule has 20 heavy (non-hydrogen) atoms. The van der Waals surface area contributed by atoms with Crippen LogP contribution in [-0.4, -0.2) is 49.8 Å². The molecule has 0 radical (unpaired) electrons. The first-order valence-electron chi connectivity index (χ1n) is 7.04. The van der Waals surface area contributed by atoms with Gasteiger partial charge in [0.05, 0.1) is 0 Å². The van der Waals surface area contributed by atoms with Crippen molar-refractivity contribution in [3.63, 3.8) is 0 Å². The third-order valence-corrected chi connectivity index (χ3v) is 3.72. The van der Waals surface area contributed by atoms with E-state index < -0.39 is 6.09 Å². The minimum Gasteiger partial charge on any atom is -0.465 e. The van der Waals surface area contributed by atoms with Crippen LogP contribution >= 0.6 is 0 Å². The fourth-order valence-corrected chi connectivity index (χ4v) is 2.77. The van der Waals surface area contributed by atoms with Gasteiger partial charge in [0.1, 0.15) is 0 Å². The molecule has 1 fully saturated rings. The smallest absolute Gasteiger partial charge is 0.409 e. The van der Waals surface area contributed by atoms with Crippen LogP contribution in [0.5, 0.6) is 0 Å². The molecule has 1 aliphatic heterocycles. The van der Waals surface area contributed by atoms with Crippen LogP contribution in [0.25, 0.3) is 0 Å². The third kappa shape index (κ3) is 4.13. The van der Waals surface area contributed by atoms with Gasteiger partial charge in [0.25, 0.3) is 0 Å². The number of nitrogens with zero attached hydrogens (tertiary/aromatic N) is 2. The lowest BCUT2D eigenvalue weighted by Gasteiger charge is -2.34. The summed E-state index contributed by atoms with van der Waals surface area (Å²) < 4.78 is 0. The summed E-state index contributed by atoms with van der Waals surface area (Å²) in [7, 11) is 4.25. The van der Waals surface area contributed by atoms with E-state index in [0.29, 0.717) is 5.69 Å². The van der Waals surface area contributed by atoms with Crippen LogP contribution in [0.3, 0.4) is 0 Å². The normalized spacial score (nSPS) is 16.4. The highest BCUT2D eigenvalue weighted by molar-refractivity contribution is 5.83. The molecule has 110 valence electrons. The molecular weight excluding hydrogens is 254 g/mol. The highest BCUT2D eigenvalue weighted by atomic mass is 16.4. The molecule has 1 aromatic rings. The Bertz CT molecular complexity index is 437. The molecule has 2 rings (SSSR count). The summed E-state index contributed by atoms with van der Waals surface area (Å²) in [5.74, 6) is 0.786. The van der Waals surface area contributed by atoms with E-state index in [-0.39, 0.29) is 0 Å².